The van der Waals surface area contributed by atoms with E-state index in [1.54, 1.807) is 41.7 Å². The van der Waals surface area contributed by atoms with Crippen LogP contribution in [-0.2, 0) is 16.2 Å². The highest BCUT2D eigenvalue weighted by atomic mass is 35.5. The van der Waals surface area contributed by atoms with Crippen molar-refractivity contribution in [3.05, 3.63) is 81.3 Å². The number of rotatable bonds is 10. The van der Waals surface area contributed by atoms with Crippen molar-refractivity contribution in [3.8, 4) is 5.75 Å². The zero-order chi connectivity index (χ0) is 22.8. The van der Waals surface area contributed by atoms with Crippen LogP contribution < -0.4 is 15.4 Å². The third-order valence-corrected chi connectivity index (χ3v) is 5.42. The summed E-state index contributed by atoms with van der Waals surface area (Å²) in [6, 6.07) is 14.4. The van der Waals surface area contributed by atoms with Gasteiger partial charge in [0.25, 0.3) is 0 Å². The van der Waals surface area contributed by atoms with Gasteiger partial charge in [0.2, 0.25) is 11.8 Å². The highest BCUT2D eigenvalue weighted by molar-refractivity contribution is 7.09. The molecule has 2 aromatic carbocycles. The lowest BCUT2D eigenvalue weighted by Gasteiger charge is -2.06. The Morgan fingerprint density at radius 1 is 1.19 bits per heavy atom. The van der Waals surface area contributed by atoms with Crippen LogP contribution in [0.25, 0.3) is 6.08 Å². The molecule has 0 aliphatic rings. The van der Waals surface area contributed by atoms with E-state index in [0.717, 1.165) is 16.3 Å². The van der Waals surface area contributed by atoms with Crippen molar-refractivity contribution < 1.29 is 14.3 Å². The van der Waals surface area contributed by atoms with Crippen molar-refractivity contribution in [2.45, 2.75) is 26.4 Å². The third-order valence-electron chi connectivity index (χ3n) is 4.35. The summed E-state index contributed by atoms with van der Waals surface area (Å²) in [4.78, 5) is 28.4. The van der Waals surface area contributed by atoms with Gasteiger partial charge in [-0.15, -0.1) is 11.3 Å². The number of hydrogen-bond acceptors (Lipinski definition) is 5. The molecule has 2 amide bonds. The van der Waals surface area contributed by atoms with Crippen LogP contribution in [0.15, 0.2) is 60.0 Å². The molecule has 0 saturated heterocycles. The average Bonchev–Trinajstić information content (AvgIpc) is 3.21. The first-order valence-electron chi connectivity index (χ1n) is 10.1. The van der Waals surface area contributed by atoms with Crippen molar-refractivity contribution in [3.63, 3.8) is 0 Å². The fourth-order valence-corrected chi connectivity index (χ4v) is 3.51. The van der Waals surface area contributed by atoms with E-state index in [1.807, 2.05) is 36.6 Å². The maximum Gasteiger partial charge on any atom is 0.243 e. The first-order chi connectivity index (χ1) is 15.5. The molecule has 3 rings (SSSR count). The van der Waals surface area contributed by atoms with E-state index in [2.05, 4.69) is 15.6 Å². The van der Waals surface area contributed by atoms with Crippen molar-refractivity contribution in [1.29, 1.82) is 0 Å². The third kappa shape index (κ3) is 8.17. The van der Waals surface area contributed by atoms with Gasteiger partial charge in [0, 0.05) is 35.1 Å². The summed E-state index contributed by atoms with van der Waals surface area (Å²) in [5, 5.41) is 9.17. The van der Waals surface area contributed by atoms with Gasteiger partial charge in [-0.2, -0.15) is 0 Å². The number of anilines is 1. The summed E-state index contributed by atoms with van der Waals surface area (Å²) >= 11 is 7.41. The van der Waals surface area contributed by atoms with Crippen molar-refractivity contribution in [2.75, 3.05) is 11.9 Å². The first-order valence-corrected chi connectivity index (χ1v) is 11.4. The number of amides is 2. The van der Waals surface area contributed by atoms with Gasteiger partial charge in [-0.1, -0.05) is 23.7 Å². The number of thiazole rings is 1. The molecule has 32 heavy (non-hydrogen) atoms. The normalized spacial score (nSPS) is 10.8. The van der Waals surface area contributed by atoms with Gasteiger partial charge in [-0.05, 0) is 61.4 Å². The topological polar surface area (TPSA) is 80.3 Å². The molecule has 0 aliphatic carbocycles. The number of hydrogen-bond donors (Lipinski definition) is 2. The van der Waals surface area contributed by atoms with E-state index in [9.17, 15) is 9.59 Å². The van der Waals surface area contributed by atoms with Crippen LogP contribution in [0.2, 0.25) is 5.02 Å². The molecule has 0 bridgehead atoms. The SMILES string of the molecule is Cc1nc(COc2cccc(C=CC(=O)NCCCC(=O)Nc3ccc(Cl)cc3)c2)cs1. The van der Waals surface area contributed by atoms with Gasteiger partial charge < -0.3 is 15.4 Å². The Balaban J connectivity index is 1.36. The number of ether oxygens (including phenoxy) is 1. The molecule has 0 radical (unpaired) electrons. The summed E-state index contributed by atoms with van der Waals surface area (Å²) in [6.07, 6.45) is 4.04. The molecule has 3 aromatic rings. The molecular formula is C24H24ClN3O3S. The van der Waals surface area contributed by atoms with Gasteiger partial charge >= 0.3 is 0 Å². The number of nitrogens with zero attached hydrogens (tertiary/aromatic N) is 1. The summed E-state index contributed by atoms with van der Waals surface area (Å²) in [7, 11) is 0. The van der Waals surface area contributed by atoms with Crippen LogP contribution >= 0.6 is 22.9 Å². The van der Waals surface area contributed by atoms with Gasteiger partial charge in [-0.3, -0.25) is 9.59 Å². The minimum Gasteiger partial charge on any atom is -0.487 e. The summed E-state index contributed by atoms with van der Waals surface area (Å²) in [5.74, 6) is 0.388. The van der Waals surface area contributed by atoms with E-state index in [4.69, 9.17) is 16.3 Å². The Labute approximate surface area is 196 Å². The molecule has 2 N–H and O–H groups in total. The smallest absolute Gasteiger partial charge is 0.243 e. The Kier molecular flexibility index (Phi) is 8.83. The van der Waals surface area contributed by atoms with Crippen LogP contribution in [0.3, 0.4) is 0 Å². The molecule has 166 valence electrons. The second kappa shape index (κ2) is 12.0. The highest BCUT2D eigenvalue weighted by Crippen LogP contribution is 2.17. The van der Waals surface area contributed by atoms with Crippen LogP contribution in [0.1, 0.15) is 29.1 Å². The van der Waals surface area contributed by atoms with Gasteiger partial charge in [0.1, 0.15) is 12.4 Å². The lowest BCUT2D eigenvalue weighted by atomic mass is 10.2. The minimum absolute atomic E-state index is 0.109. The van der Waals surface area contributed by atoms with Crippen LogP contribution in [-0.4, -0.2) is 23.3 Å². The molecule has 0 unspecified atom stereocenters. The number of carbonyl (C=O) groups excluding carboxylic acids is 2. The second-order valence-electron chi connectivity index (χ2n) is 7.00. The molecule has 1 heterocycles. The molecule has 0 aliphatic heterocycles. The fourth-order valence-electron chi connectivity index (χ4n) is 2.79. The van der Waals surface area contributed by atoms with Crippen molar-refractivity contribution in [2.24, 2.45) is 0 Å². The molecule has 0 atom stereocenters. The predicted molar refractivity (Wildman–Crippen MR) is 129 cm³/mol. The van der Waals surface area contributed by atoms with Crippen LogP contribution in [0.4, 0.5) is 5.69 Å². The average molecular weight is 470 g/mol. The molecule has 0 spiro atoms. The minimum atomic E-state index is -0.215. The Bertz CT molecular complexity index is 1080. The quantitative estimate of drug-likeness (QED) is 0.314. The zero-order valence-electron chi connectivity index (χ0n) is 17.6. The zero-order valence-corrected chi connectivity index (χ0v) is 19.2. The summed E-state index contributed by atoms with van der Waals surface area (Å²) < 4.78 is 5.77. The van der Waals surface area contributed by atoms with Gasteiger partial charge in [0.15, 0.2) is 0 Å². The van der Waals surface area contributed by atoms with E-state index in [-0.39, 0.29) is 11.8 Å². The van der Waals surface area contributed by atoms with Gasteiger partial charge in [-0.25, -0.2) is 4.98 Å². The fraction of sp³-hybridized carbons (Fsp3) is 0.208. The number of aromatic nitrogens is 1. The van der Waals surface area contributed by atoms with Crippen molar-refractivity contribution in [1.82, 2.24) is 10.3 Å². The lowest BCUT2D eigenvalue weighted by Crippen LogP contribution is -2.23. The lowest BCUT2D eigenvalue weighted by molar-refractivity contribution is -0.118. The van der Waals surface area contributed by atoms with E-state index < -0.39 is 0 Å². The molecule has 6 nitrogen and oxygen atoms in total. The largest absolute Gasteiger partial charge is 0.487 e. The summed E-state index contributed by atoms with van der Waals surface area (Å²) in [6.45, 7) is 2.78. The molecular weight excluding hydrogens is 446 g/mol. The molecule has 8 heteroatoms. The summed E-state index contributed by atoms with van der Waals surface area (Å²) in [5.41, 5.74) is 2.45. The van der Waals surface area contributed by atoms with Crippen LogP contribution in [0.5, 0.6) is 5.75 Å². The maximum atomic E-state index is 12.0. The Hall–Kier alpha value is -3.16. The van der Waals surface area contributed by atoms with E-state index >= 15 is 0 Å². The number of nitrogens with one attached hydrogen (secondary N) is 2. The van der Waals surface area contributed by atoms with Crippen molar-refractivity contribution >= 4 is 46.5 Å². The number of benzene rings is 2. The first kappa shape index (κ1) is 23.5. The number of halogens is 1. The Morgan fingerprint density at radius 3 is 2.75 bits per heavy atom. The molecule has 0 saturated carbocycles. The number of aryl methyl sites for hydroxylation is 1. The van der Waals surface area contributed by atoms with Crippen LogP contribution in [0, 0.1) is 6.92 Å². The molecule has 0 fully saturated rings. The van der Waals surface area contributed by atoms with E-state index in [1.165, 1.54) is 6.08 Å². The standard InChI is InChI=1S/C24H24ClN3O3S/c1-17-27-21(16-32-17)15-31-22-5-2-4-18(14-22)7-12-23(29)26-13-3-6-24(30)28-20-10-8-19(25)9-11-20/h2,4-5,7-12,14,16H,3,6,13,15H2,1H3,(H,26,29)(H,28,30). The van der Waals surface area contributed by atoms with Gasteiger partial charge in [0.05, 0.1) is 10.7 Å². The maximum absolute atomic E-state index is 12.0. The Morgan fingerprint density at radius 2 is 2.00 bits per heavy atom. The predicted octanol–water partition coefficient (Wildman–Crippen LogP) is 5.23. The molecule has 1 aromatic heterocycles. The second-order valence-corrected chi connectivity index (χ2v) is 8.50. The monoisotopic (exact) mass is 469 g/mol. The van der Waals surface area contributed by atoms with E-state index in [0.29, 0.717) is 42.5 Å². The number of carbonyl (C=O) groups is 2. The highest BCUT2D eigenvalue weighted by Gasteiger charge is 2.04.